The Bertz CT molecular complexity index is 1220. The summed E-state index contributed by atoms with van der Waals surface area (Å²) in [4.78, 5) is 27.6. The van der Waals surface area contributed by atoms with Gasteiger partial charge in [0.2, 0.25) is 0 Å². The fourth-order valence-corrected chi connectivity index (χ4v) is 3.89. The van der Waals surface area contributed by atoms with Gasteiger partial charge in [0.25, 0.3) is 5.78 Å². The molecule has 164 valence electrons. The Labute approximate surface area is 194 Å². The first kappa shape index (κ1) is 22.0. The lowest BCUT2D eigenvalue weighted by molar-refractivity contribution is -0.132. The van der Waals surface area contributed by atoms with Gasteiger partial charge in [0.15, 0.2) is 5.82 Å². The van der Waals surface area contributed by atoms with E-state index in [4.69, 9.17) is 4.52 Å². The normalized spacial score (nSPS) is 18.4. The summed E-state index contributed by atoms with van der Waals surface area (Å²) in [5, 5.41) is 15.2. The largest absolute Gasteiger partial charge is 0.507 e. The summed E-state index contributed by atoms with van der Waals surface area (Å²) in [6.07, 6.45) is 0. The fourth-order valence-electron chi connectivity index (χ4n) is 3.63. The highest BCUT2D eigenvalue weighted by Gasteiger charge is 2.48. The van der Waals surface area contributed by atoms with Crippen LogP contribution in [0, 0.1) is 6.92 Å². The zero-order valence-corrected chi connectivity index (χ0v) is 19.8. The second kappa shape index (κ2) is 8.06. The number of nitrogens with zero attached hydrogens (tertiary/aromatic N) is 2. The van der Waals surface area contributed by atoms with Crippen LogP contribution in [0.1, 0.15) is 49.3 Å². The van der Waals surface area contributed by atoms with Crippen LogP contribution in [0.15, 0.2) is 69.2 Å². The predicted octanol–water partition coefficient (Wildman–Crippen LogP) is 5.67. The number of amides is 1. The average Bonchev–Trinajstić information content (AvgIpc) is 3.32. The second-order valence-corrected chi connectivity index (χ2v) is 9.80. The van der Waals surface area contributed by atoms with E-state index in [2.05, 4.69) is 21.1 Å². The minimum absolute atomic E-state index is 0.0153. The number of aliphatic hydroxyl groups is 1. The summed E-state index contributed by atoms with van der Waals surface area (Å²) in [6.45, 7) is 7.86. The molecule has 4 rings (SSSR count). The topological polar surface area (TPSA) is 83.6 Å². The Hall–Kier alpha value is -3.19. The number of aliphatic hydroxyl groups excluding tert-OH is 1. The summed E-state index contributed by atoms with van der Waals surface area (Å²) in [6, 6.07) is 15.2. The van der Waals surface area contributed by atoms with Crippen molar-refractivity contribution in [3.8, 4) is 0 Å². The summed E-state index contributed by atoms with van der Waals surface area (Å²) in [7, 11) is 0. The molecule has 0 spiro atoms. The van der Waals surface area contributed by atoms with E-state index in [-0.39, 0.29) is 22.6 Å². The smallest absolute Gasteiger partial charge is 0.301 e. The van der Waals surface area contributed by atoms with Crippen molar-refractivity contribution in [2.24, 2.45) is 0 Å². The van der Waals surface area contributed by atoms with Gasteiger partial charge in [-0.2, -0.15) is 0 Å². The molecule has 0 saturated carbocycles. The Morgan fingerprint density at radius 2 is 1.69 bits per heavy atom. The maximum Gasteiger partial charge on any atom is 0.301 e. The van der Waals surface area contributed by atoms with Crippen molar-refractivity contribution in [2.45, 2.75) is 39.2 Å². The molecule has 1 atom stereocenters. The van der Waals surface area contributed by atoms with Crippen LogP contribution < -0.4 is 4.90 Å². The fraction of sp³-hybridized carbons (Fsp3) is 0.240. The SMILES string of the molecule is Cc1ccc(C2C(=C(O)c3ccc(Br)cc3)C(=O)C(=O)N2c2cc(C(C)(C)C)on2)cc1. The number of aryl methyl sites for hydroxylation is 1. The van der Waals surface area contributed by atoms with Gasteiger partial charge in [0.1, 0.15) is 11.5 Å². The van der Waals surface area contributed by atoms with E-state index in [9.17, 15) is 14.7 Å². The van der Waals surface area contributed by atoms with Crippen molar-refractivity contribution >= 4 is 39.2 Å². The molecule has 2 heterocycles. The molecule has 0 aliphatic carbocycles. The Morgan fingerprint density at radius 1 is 1.06 bits per heavy atom. The lowest BCUT2D eigenvalue weighted by Crippen LogP contribution is -2.29. The van der Waals surface area contributed by atoms with E-state index in [1.807, 2.05) is 52.0 Å². The van der Waals surface area contributed by atoms with Gasteiger partial charge in [-0.15, -0.1) is 0 Å². The molecule has 6 nitrogen and oxygen atoms in total. The van der Waals surface area contributed by atoms with E-state index >= 15 is 0 Å². The van der Waals surface area contributed by atoms with Crippen LogP contribution in [0.4, 0.5) is 5.82 Å². The number of hydrogen-bond acceptors (Lipinski definition) is 5. The molecule has 1 aliphatic heterocycles. The molecule has 32 heavy (non-hydrogen) atoms. The highest BCUT2D eigenvalue weighted by atomic mass is 79.9. The number of carbonyl (C=O) groups excluding carboxylic acids is 2. The first-order chi connectivity index (χ1) is 15.1. The third-order valence-electron chi connectivity index (χ3n) is 5.44. The number of ketones is 1. The van der Waals surface area contributed by atoms with Gasteiger partial charge in [0, 0.05) is 21.5 Å². The van der Waals surface area contributed by atoms with Crippen molar-refractivity contribution in [3.63, 3.8) is 0 Å². The van der Waals surface area contributed by atoms with Crippen LogP contribution in [-0.2, 0) is 15.0 Å². The first-order valence-electron chi connectivity index (χ1n) is 10.2. The number of carbonyl (C=O) groups is 2. The Morgan fingerprint density at radius 3 is 2.25 bits per heavy atom. The van der Waals surface area contributed by atoms with E-state index < -0.39 is 17.7 Å². The molecule has 1 unspecified atom stereocenters. The van der Waals surface area contributed by atoms with Crippen molar-refractivity contribution in [1.82, 2.24) is 5.16 Å². The van der Waals surface area contributed by atoms with Crippen LogP contribution in [0.25, 0.3) is 5.76 Å². The van der Waals surface area contributed by atoms with Crippen LogP contribution >= 0.6 is 15.9 Å². The third-order valence-corrected chi connectivity index (χ3v) is 5.97. The molecule has 1 aromatic heterocycles. The number of Topliss-reactive ketones (excluding diaryl/α,β-unsaturated/α-hetero) is 1. The Balaban J connectivity index is 1.91. The lowest BCUT2D eigenvalue weighted by atomic mass is 9.93. The number of hydrogen-bond donors (Lipinski definition) is 1. The second-order valence-electron chi connectivity index (χ2n) is 8.89. The lowest BCUT2D eigenvalue weighted by Gasteiger charge is -2.23. The highest BCUT2D eigenvalue weighted by Crippen LogP contribution is 2.42. The predicted molar refractivity (Wildman–Crippen MR) is 125 cm³/mol. The molecule has 1 saturated heterocycles. The van der Waals surface area contributed by atoms with Crippen LogP contribution in [0.3, 0.4) is 0 Å². The van der Waals surface area contributed by atoms with Gasteiger partial charge in [-0.1, -0.05) is 83.8 Å². The molecule has 3 aromatic rings. The monoisotopic (exact) mass is 494 g/mol. The van der Waals surface area contributed by atoms with E-state index in [0.717, 1.165) is 10.0 Å². The summed E-state index contributed by atoms with van der Waals surface area (Å²) < 4.78 is 6.32. The zero-order chi connectivity index (χ0) is 23.2. The summed E-state index contributed by atoms with van der Waals surface area (Å²) in [5.41, 5.74) is 1.86. The maximum absolute atomic E-state index is 13.2. The van der Waals surface area contributed by atoms with Crippen LogP contribution in [0.2, 0.25) is 0 Å². The maximum atomic E-state index is 13.2. The van der Waals surface area contributed by atoms with Crippen molar-refractivity contribution in [1.29, 1.82) is 0 Å². The van der Waals surface area contributed by atoms with Crippen molar-refractivity contribution in [2.75, 3.05) is 4.90 Å². The number of anilines is 1. The van der Waals surface area contributed by atoms with E-state index in [1.54, 1.807) is 30.3 Å². The van der Waals surface area contributed by atoms with Gasteiger partial charge in [0.05, 0.1) is 11.6 Å². The molecule has 7 heteroatoms. The van der Waals surface area contributed by atoms with E-state index in [1.165, 1.54) is 4.90 Å². The minimum atomic E-state index is -0.836. The summed E-state index contributed by atoms with van der Waals surface area (Å²) in [5.74, 6) is -0.940. The molecule has 2 aromatic carbocycles. The average molecular weight is 495 g/mol. The van der Waals surface area contributed by atoms with Gasteiger partial charge in [-0.05, 0) is 24.6 Å². The minimum Gasteiger partial charge on any atom is -0.507 e. The van der Waals surface area contributed by atoms with Crippen molar-refractivity contribution in [3.05, 3.63) is 87.1 Å². The van der Waals surface area contributed by atoms with Gasteiger partial charge in [-0.3, -0.25) is 14.5 Å². The van der Waals surface area contributed by atoms with Gasteiger partial charge in [-0.25, -0.2) is 0 Å². The standard InChI is InChI=1S/C25H23BrN2O4/c1-14-5-7-15(8-6-14)21-20(22(29)16-9-11-17(26)12-10-16)23(30)24(31)28(21)19-13-18(32-27-19)25(2,3)4/h5-13,21,29H,1-4H3. The molecule has 1 N–H and O–H groups in total. The van der Waals surface area contributed by atoms with Crippen LogP contribution in [0.5, 0.6) is 0 Å². The number of benzene rings is 2. The molecule has 1 aliphatic rings. The molecular formula is C25H23BrN2O4. The molecule has 0 bridgehead atoms. The molecular weight excluding hydrogens is 472 g/mol. The number of rotatable bonds is 3. The molecule has 0 radical (unpaired) electrons. The Kier molecular flexibility index (Phi) is 5.54. The first-order valence-corrected chi connectivity index (χ1v) is 11.0. The van der Waals surface area contributed by atoms with E-state index in [0.29, 0.717) is 16.9 Å². The highest BCUT2D eigenvalue weighted by molar-refractivity contribution is 9.10. The zero-order valence-electron chi connectivity index (χ0n) is 18.2. The van der Waals surface area contributed by atoms with Crippen LogP contribution in [-0.4, -0.2) is 22.0 Å². The van der Waals surface area contributed by atoms with Crippen molar-refractivity contribution < 1.29 is 19.2 Å². The van der Waals surface area contributed by atoms with Gasteiger partial charge < -0.3 is 9.63 Å². The number of halogens is 1. The quantitative estimate of drug-likeness (QED) is 0.288. The summed E-state index contributed by atoms with van der Waals surface area (Å²) >= 11 is 3.37. The molecule has 1 amide bonds. The molecule has 1 fully saturated rings. The van der Waals surface area contributed by atoms with Gasteiger partial charge >= 0.3 is 5.91 Å². The number of aromatic nitrogens is 1. The third kappa shape index (κ3) is 3.88.